The number of hydrazone groups is 1. The number of hydrogen-bond acceptors (Lipinski definition) is 5. The molecule has 4 nitrogen and oxygen atoms in total. The van der Waals surface area contributed by atoms with E-state index in [9.17, 15) is 0 Å². The predicted octanol–water partition coefficient (Wildman–Crippen LogP) is 7.14. The van der Waals surface area contributed by atoms with Gasteiger partial charge in [-0.2, -0.15) is 5.10 Å². The van der Waals surface area contributed by atoms with Crippen LogP contribution in [0.5, 0.6) is 5.75 Å². The second-order valence-electron chi connectivity index (χ2n) is 6.30. The summed E-state index contributed by atoms with van der Waals surface area (Å²) in [6.07, 6.45) is 1.70. The van der Waals surface area contributed by atoms with Gasteiger partial charge in [-0.15, -0.1) is 11.3 Å². The topological polar surface area (TPSA) is 46.5 Å². The fourth-order valence-electron chi connectivity index (χ4n) is 2.76. The van der Waals surface area contributed by atoms with Crippen molar-refractivity contribution in [3.8, 4) is 17.0 Å². The van der Waals surface area contributed by atoms with Crippen LogP contribution in [-0.4, -0.2) is 11.2 Å². The highest BCUT2D eigenvalue weighted by molar-refractivity contribution is 7.14. The third-order valence-corrected chi connectivity index (χ3v) is 5.75. The average Bonchev–Trinajstić information content (AvgIpc) is 3.24. The Kier molecular flexibility index (Phi) is 6.64. The van der Waals surface area contributed by atoms with Gasteiger partial charge in [-0.25, -0.2) is 4.98 Å². The number of thiazole rings is 1. The molecule has 0 aliphatic carbocycles. The summed E-state index contributed by atoms with van der Waals surface area (Å²) in [5.41, 5.74) is 6.55. The zero-order valence-corrected chi connectivity index (χ0v) is 18.1. The number of benzene rings is 3. The van der Waals surface area contributed by atoms with Crippen molar-refractivity contribution >= 4 is 45.9 Å². The SMILES string of the molecule is Clc1cccc(Cl)c1COc1ccccc1C=NNc1nc(-c2ccccc2)cs1. The molecule has 7 heteroatoms. The molecule has 4 aromatic rings. The van der Waals surface area contributed by atoms with Crippen molar-refractivity contribution in [2.75, 3.05) is 5.43 Å². The number of ether oxygens (including phenoxy) is 1. The first-order chi connectivity index (χ1) is 14.7. The zero-order valence-electron chi connectivity index (χ0n) is 15.8. The van der Waals surface area contributed by atoms with E-state index in [0.29, 0.717) is 20.9 Å². The van der Waals surface area contributed by atoms with Gasteiger partial charge < -0.3 is 4.74 Å². The summed E-state index contributed by atoms with van der Waals surface area (Å²) in [4.78, 5) is 4.56. The van der Waals surface area contributed by atoms with Crippen LogP contribution in [0, 0.1) is 0 Å². The lowest BCUT2D eigenvalue weighted by molar-refractivity contribution is 0.306. The Labute approximate surface area is 188 Å². The molecule has 0 amide bonds. The van der Waals surface area contributed by atoms with Gasteiger partial charge in [-0.05, 0) is 24.3 Å². The average molecular weight is 454 g/mol. The Bertz CT molecular complexity index is 1140. The van der Waals surface area contributed by atoms with Crippen molar-refractivity contribution in [1.82, 2.24) is 4.98 Å². The molecule has 3 aromatic carbocycles. The van der Waals surface area contributed by atoms with Crippen molar-refractivity contribution in [2.24, 2.45) is 5.10 Å². The minimum atomic E-state index is 0.268. The van der Waals surface area contributed by atoms with Gasteiger partial charge in [0.2, 0.25) is 5.13 Å². The van der Waals surface area contributed by atoms with Crippen LogP contribution in [0.1, 0.15) is 11.1 Å². The highest BCUT2D eigenvalue weighted by atomic mass is 35.5. The van der Waals surface area contributed by atoms with Gasteiger partial charge in [0.1, 0.15) is 12.4 Å². The van der Waals surface area contributed by atoms with Crippen LogP contribution in [0.3, 0.4) is 0 Å². The smallest absolute Gasteiger partial charge is 0.203 e. The van der Waals surface area contributed by atoms with Crippen LogP contribution in [-0.2, 0) is 6.61 Å². The van der Waals surface area contributed by atoms with Crippen molar-refractivity contribution in [1.29, 1.82) is 0 Å². The molecule has 0 radical (unpaired) electrons. The lowest BCUT2D eigenvalue weighted by atomic mass is 10.2. The molecule has 0 spiro atoms. The largest absolute Gasteiger partial charge is 0.488 e. The van der Waals surface area contributed by atoms with E-state index in [1.54, 1.807) is 18.3 Å². The normalized spacial score (nSPS) is 11.0. The van der Waals surface area contributed by atoms with Gasteiger partial charge in [0, 0.05) is 32.1 Å². The number of anilines is 1. The van der Waals surface area contributed by atoms with Gasteiger partial charge >= 0.3 is 0 Å². The van der Waals surface area contributed by atoms with E-state index in [2.05, 4.69) is 15.5 Å². The minimum absolute atomic E-state index is 0.268. The van der Waals surface area contributed by atoms with E-state index in [1.807, 2.05) is 66.0 Å². The minimum Gasteiger partial charge on any atom is -0.488 e. The Hall–Kier alpha value is -2.86. The van der Waals surface area contributed by atoms with Crippen LogP contribution >= 0.6 is 34.5 Å². The molecule has 150 valence electrons. The van der Waals surface area contributed by atoms with Crippen LogP contribution in [0.2, 0.25) is 10.0 Å². The molecule has 1 N–H and O–H groups in total. The van der Waals surface area contributed by atoms with Crippen LogP contribution in [0.4, 0.5) is 5.13 Å². The number of aromatic nitrogens is 1. The van der Waals surface area contributed by atoms with E-state index in [0.717, 1.165) is 22.4 Å². The number of hydrogen-bond donors (Lipinski definition) is 1. The standard InChI is InChI=1S/C23H17Cl2N3OS/c24-19-10-6-11-20(25)18(19)14-29-22-12-5-4-9-17(22)13-26-28-23-27-21(15-30-23)16-7-2-1-3-8-16/h1-13,15H,14H2,(H,27,28). The molecule has 1 aromatic heterocycles. The third kappa shape index (κ3) is 5.00. The summed E-state index contributed by atoms with van der Waals surface area (Å²) in [7, 11) is 0. The lowest BCUT2D eigenvalue weighted by Crippen LogP contribution is -2.00. The molecule has 0 aliphatic heterocycles. The monoisotopic (exact) mass is 453 g/mol. The fraction of sp³-hybridized carbons (Fsp3) is 0.0435. The third-order valence-electron chi connectivity index (χ3n) is 4.29. The fourth-order valence-corrected chi connectivity index (χ4v) is 3.94. The molecule has 30 heavy (non-hydrogen) atoms. The first-order valence-corrected chi connectivity index (χ1v) is 10.8. The van der Waals surface area contributed by atoms with E-state index >= 15 is 0 Å². The Morgan fingerprint density at radius 2 is 1.67 bits per heavy atom. The summed E-state index contributed by atoms with van der Waals surface area (Å²) >= 11 is 14.0. The van der Waals surface area contributed by atoms with Crippen LogP contribution < -0.4 is 10.2 Å². The second-order valence-corrected chi connectivity index (χ2v) is 7.97. The number of rotatable bonds is 7. The van der Waals surface area contributed by atoms with Gasteiger partial charge in [0.15, 0.2) is 0 Å². The number of para-hydroxylation sites is 1. The molecule has 1 heterocycles. The van der Waals surface area contributed by atoms with Crippen LogP contribution in [0.25, 0.3) is 11.3 Å². The quantitative estimate of drug-likeness (QED) is 0.238. The van der Waals surface area contributed by atoms with E-state index in [1.165, 1.54) is 11.3 Å². The molecule has 0 unspecified atom stereocenters. The van der Waals surface area contributed by atoms with E-state index < -0.39 is 0 Å². The molecular weight excluding hydrogens is 437 g/mol. The van der Waals surface area contributed by atoms with Crippen molar-refractivity contribution < 1.29 is 4.74 Å². The van der Waals surface area contributed by atoms with Gasteiger partial charge in [-0.3, -0.25) is 5.43 Å². The summed E-state index contributed by atoms with van der Waals surface area (Å²) in [5, 5.41) is 8.18. The molecule has 4 rings (SSSR count). The van der Waals surface area contributed by atoms with Crippen LogP contribution in [0.15, 0.2) is 83.3 Å². The maximum absolute atomic E-state index is 6.23. The van der Waals surface area contributed by atoms with Gasteiger partial charge in [0.05, 0.1) is 11.9 Å². The summed E-state index contributed by atoms with van der Waals surface area (Å²) in [6, 6.07) is 23.0. The number of halogens is 2. The molecule has 0 saturated carbocycles. The van der Waals surface area contributed by atoms with Gasteiger partial charge in [-0.1, -0.05) is 71.7 Å². The lowest BCUT2D eigenvalue weighted by Gasteiger charge is -2.11. The molecule has 0 saturated heterocycles. The summed E-state index contributed by atoms with van der Waals surface area (Å²) in [5.74, 6) is 0.683. The maximum atomic E-state index is 6.23. The van der Waals surface area contributed by atoms with E-state index in [4.69, 9.17) is 27.9 Å². The maximum Gasteiger partial charge on any atom is 0.203 e. The molecule has 0 atom stereocenters. The number of nitrogens with one attached hydrogen (secondary N) is 1. The van der Waals surface area contributed by atoms with Crippen molar-refractivity contribution in [2.45, 2.75) is 6.61 Å². The molecular formula is C23H17Cl2N3OS. The zero-order chi connectivity index (χ0) is 20.8. The van der Waals surface area contributed by atoms with E-state index in [-0.39, 0.29) is 6.61 Å². The van der Waals surface area contributed by atoms with Crippen molar-refractivity contribution in [3.05, 3.63) is 99.3 Å². The highest BCUT2D eigenvalue weighted by Gasteiger charge is 2.08. The Morgan fingerprint density at radius 3 is 2.47 bits per heavy atom. The highest BCUT2D eigenvalue weighted by Crippen LogP contribution is 2.27. The second kappa shape index (κ2) is 9.76. The molecule has 0 bridgehead atoms. The number of nitrogens with zero attached hydrogens (tertiary/aromatic N) is 2. The first kappa shape index (κ1) is 20.4. The van der Waals surface area contributed by atoms with Crippen molar-refractivity contribution in [3.63, 3.8) is 0 Å². The van der Waals surface area contributed by atoms with Gasteiger partial charge in [0.25, 0.3) is 0 Å². The Balaban J connectivity index is 1.43. The molecule has 0 aliphatic rings. The summed E-state index contributed by atoms with van der Waals surface area (Å²) < 4.78 is 5.95. The Morgan fingerprint density at radius 1 is 0.933 bits per heavy atom. The predicted molar refractivity (Wildman–Crippen MR) is 126 cm³/mol. The molecule has 0 fully saturated rings. The summed E-state index contributed by atoms with van der Waals surface area (Å²) in [6.45, 7) is 0.268. The first-order valence-electron chi connectivity index (χ1n) is 9.15.